The average Bonchev–Trinajstić information content (AvgIpc) is 3.20. The maximum absolute atomic E-state index is 12.8. The smallest absolute Gasteiger partial charge is 0.397 e. The second-order valence-electron chi connectivity index (χ2n) is 14.5. The Bertz CT molecular complexity index is 2960. The van der Waals surface area contributed by atoms with Gasteiger partial charge >= 0.3 is 96.7 Å². The molecule has 3 fully saturated rings. The molecule has 450 valence electrons. The van der Waals surface area contributed by atoms with Crippen LogP contribution in [0.2, 0.25) is 0 Å². The summed E-state index contributed by atoms with van der Waals surface area (Å²) >= 11 is 0. The van der Waals surface area contributed by atoms with Crippen molar-refractivity contribution in [3.63, 3.8) is 0 Å². The molecule has 0 aromatic rings. The van der Waals surface area contributed by atoms with Gasteiger partial charge in [0.2, 0.25) is 0 Å². The SMILES string of the molecule is O=C(O)[C@@H](O)[C@@H](OC1O[C@@H](C(=O)O)[C@@H](O[C@@H]2O[C@@H](C(=O)O)[C@@H](OC3O[C@H](C(=O)O)[C@H](O)[C@@H](OS(=O)(=O)O)[C@H]3OS(=O)(=O)O)[C@H](O)[C@@H]2OS(=O)(=O)O)[C@H](OS(=O)(=O)O)[C@@H]1OS(=O)(=O)O)[C@H](OS(=O)(=O)O)[C@H](CO)OS(=O)(=O)O. The predicted molar refractivity (Wildman–Crippen MR) is 211 cm³/mol. The van der Waals surface area contributed by atoms with E-state index in [-0.39, 0.29) is 0 Å². The van der Waals surface area contributed by atoms with Crippen LogP contribution in [0, 0.1) is 0 Å². The van der Waals surface area contributed by atoms with Crippen molar-refractivity contribution in [2.75, 3.05) is 6.61 Å². The van der Waals surface area contributed by atoms with Crippen molar-refractivity contribution >= 4 is 96.7 Å². The molecule has 0 bridgehead atoms. The van der Waals surface area contributed by atoms with Crippen molar-refractivity contribution in [3.05, 3.63) is 0 Å². The number of hydrogen-bond acceptors (Lipinski definition) is 35. The van der Waals surface area contributed by atoms with Crippen LogP contribution >= 0.6 is 0 Å². The van der Waals surface area contributed by atoms with Crippen LogP contribution in [0.15, 0.2) is 0 Å². The second kappa shape index (κ2) is 25.2. The molecular formula is C24H36O46S7. The Kier molecular flexibility index (Phi) is 22.2. The Morgan fingerprint density at radius 2 is 0.766 bits per heavy atom. The Hall–Kier alpha value is -3.43. The normalized spacial score (nSPS) is 32.8. The lowest BCUT2D eigenvalue weighted by Crippen LogP contribution is -2.69. The molecular weight excluding hydrogens is 1250 g/mol. The summed E-state index contributed by atoms with van der Waals surface area (Å²) in [4.78, 5) is 49.5. The molecule has 46 nitrogen and oxygen atoms in total. The van der Waals surface area contributed by atoms with E-state index in [0.29, 0.717) is 0 Å². The van der Waals surface area contributed by atoms with Crippen LogP contribution in [0.3, 0.4) is 0 Å². The summed E-state index contributed by atoms with van der Waals surface area (Å²) in [5.41, 5.74) is 0. The highest BCUT2D eigenvalue weighted by molar-refractivity contribution is 7.82. The van der Waals surface area contributed by atoms with Crippen molar-refractivity contribution < 1.29 is 209 Å². The molecule has 19 atom stereocenters. The number of carbonyl (C=O) groups is 4. The molecule has 53 heteroatoms. The second-order valence-corrected chi connectivity index (χ2v) is 21.9. The van der Waals surface area contributed by atoms with Gasteiger partial charge in [0.25, 0.3) is 0 Å². The molecule has 0 amide bonds. The number of ether oxygens (including phenoxy) is 6. The van der Waals surface area contributed by atoms with Gasteiger partial charge in [-0.05, 0) is 0 Å². The maximum Gasteiger partial charge on any atom is 0.397 e. The lowest BCUT2D eigenvalue weighted by Gasteiger charge is -2.48. The topological polar surface area (TPSA) is 731 Å². The van der Waals surface area contributed by atoms with Crippen LogP contribution in [0.4, 0.5) is 0 Å². The number of aliphatic hydroxyl groups is 4. The van der Waals surface area contributed by atoms with E-state index in [1.165, 1.54) is 0 Å². The zero-order valence-electron chi connectivity index (χ0n) is 35.9. The first-order valence-electron chi connectivity index (χ1n) is 18.6. The quantitative estimate of drug-likeness (QED) is 0.0324. The fourth-order valence-electron chi connectivity index (χ4n) is 6.67. The summed E-state index contributed by atoms with van der Waals surface area (Å²) in [7, 11) is -43.7. The van der Waals surface area contributed by atoms with Gasteiger partial charge in [-0.3, -0.25) is 31.9 Å². The van der Waals surface area contributed by atoms with Crippen LogP contribution in [0.25, 0.3) is 0 Å². The molecule has 3 heterocycles. The van der Waals surface area contributed by atoms with Crippen LogP contribution in [-0.4, -0.2) is 279 Å². The van der Waals surface area contributed by atoms with Gasteiger partial charge in [-0.25, -0.2) is 48.5 Å². The molecule has 3 saturated heterocycles. The van der Waals surface area contributed by atoms with E-state index < -0.39 is 220 Å². The fraction of sp³-hybridized carbons (Fsp3) is 0.833. The van der Waals surface area contributed by atoms with Crippen molar-refractivity contribution in [1.29, 1.82) is 0 Å². The monoisotopic (exact) mass is 1280 g/mol. The highest BCUT2D eigenvalue weighted by Crippen LogP contribution is 2.38. The van der Waals surface area contributed by atoms with E-state index in [1.807, 2.05) is 0 Å². The Balaban J connectivity index is 2.36. The predicted octanol–water partition coefficient (Wildman–Crippen LogP) is -11.0. The molecule has 0 aliphatic carbocycles. The summed E-state index contributed by atoms with van der Waals surface area (Å²) in [6, 6.07) is 0. The van der Waals surface area contributed by atoms with Crippen LogP contribution < -0.4 is 0 Å². The standard InChI is InChI=1S/C24H36O46S7/c25-1-2(64-71(37,38)39)6(65-72(40,41)42)8(5(28)18(29)30)59-24-17(70-77(55,56)57)13(68-75(49,50)51)12(15(63-24)21(35)36)61-22-11(67-74(46,47)48)3(26)7(14(62-22)20(33)34)58-23-16(69-76(52,53)54)9(66-73(43,44)45)4(27)10(60-23)19(31)32/h2-17,22-28H,1H2,(H,29,30)(H,31,32)(H,33,34)(H,35,36)(H,37,38,39)(H,40,41,42)(H,43,44,45)(H,46,47,48)(H,49,50,51)(H,52,53,54)(H,55,56,57)/t2-,3-,4+,5-,6+,7-,8+,9+,10-,11-,12-,13-,14+,15+,16+,17-,22+,23?,24?/m0/s1. The van der Waals surface area contributed by atoms with Gasteiger partial charge in [-0.1, -0.05) is 0 Å². The lowest BCUT2D eigenvalue weighted by atomic mass is 9.95. The molecule has 3 rings (SSSR count). The molecule has 0 spiro atoms. The summed E-state index contributed by atoms with van der Waals surface area (Å²) in [5.74, 6) is -10.5. The third-order valence-corrected chi connectivity index (χ3v) is 12.5. The van der Waals surface area contributed by atoms with Crippen LogP contribution in [0.1, 0.15) is 0 Å². The fourth-order valence-corrected chi connectivity index (χ4v) is 10.1. The van der Waals surface area contributed by atoms with E-state index in [1.54, 1.807) is 0 Å². The van der Waals surface area contributed by atoms with E-state index in [2.05, 4.69) is 29.3 Å². The number of aliphatic hydroxyl groups excluding tert-OH is 4. The third-order valence-electron chi connectivity index (χ3n) is 9.21. The lowest BCUT2D eigenvalue weighted by molar-refractivity contribution is -0.367. The number of carboxylic acid groups (broad SMARTS) is 4. The zero-order valence-corrected chi connectivity index (χ0v) is 41.6. The van der Waals surface area contributed by atoms with Crippen LogP contribution in [-0.2, 0) is 150 Å². The maximum atomic E-state index is 12.8. The summed E-state index contributed by atoms with van der Waals surface area (Å²) in [6.45, 7) is -2.06. The Morgan fingerprint density at radius 1 is 0.416 bits per heavy atom. The van der Waals surface area contributed by atoms with Crippen molar-refractivity contribution in [3.8, 4) is 0 Å². The van der Waals surface area contributed by atoms with E-state index in [9.17, 15) is 146 Å². The molecule has 0 radical (unpaired) electrons. The Labute approximate surface area is 426 Å². The molecule has 77 heavy (non-hydrogen) atoms. The number of aliphatic carboxylic acids is 4. The molecule has 15 N–H and O–H groups in total. The molecule has 3 aliphatic heterocycles. The van der Waals surface area contributed by atoms with E-state index in [4.69, 9.17) is 33.0 Å². The van der Waals surface area contributed by atoms with Gasteiger partial charge in [0, 0.05) is 0 Å². The summed E-state index contributed by atoms with van der Waals surface area (Å²) in [5, 5.41) is 81.7. The average molecular weight is 1280 g/mol. The Morgan fingerprint density at radius 3 is 1.17 bits per heavy atom. The largest absolute Gasteiger partial charge is 0.479 e. The zero-order chi connectivity index (χ0) is 59.7. The number of hydrogen-bond donors (Lipinski definition) is 15. The summed E-state index contributed by atoms with van der Waals surface area (Å²) < 4.78 is 291. The highest BCUT2D eigenvalue weighted by Gasteiger charge is 2.62. The van der Waals surface area contributed by atoms with Gasteiger partial charge in [0.15, 0.2) is 61.6 Å². The van der Waals surface area contributed by atoms with E-state index >= 15 is 0 Å². The van der Waals surface area contributed by atoms with Crippen molar-refractivity contribution in [2.45, 2.75) is 117 Å². The molecule has 0 aromatic heterocycles. The third kappa shape index (κ3) is 20.3. The first kappa shape index (κ1) is 67.8. The van der Waals surface area contributed by atoms with Gasteiger partial charge in [-0.15, -0.1) is 0 Å². The minimum Gasteiger partial charge on any atom is -0.479 e. The molecule has 3 aliphatic rings. The first-order chi connectivity index (χ1) is 34.5. The minimum atomic E-state index is -6.50. The highest BCUT2D eigenvalue weighted by atomic mass is 32.3. The number of carboxylic acids is 4. The van der Waals surface area contributed by atoms with Gasteiger partial charge in [0.05, 0.1) is 6.61 Å². The van der Waals surface area contributed by atoms with Crippen molar-refractivity contribution in [1.82, 2.24) is 0 Å². The van der Waals surface area contributed by atoms with Crippen molar-refractivity contribution in [2.24, 2.45) is 0 Å². The van der Waals surface area contributed by atoms with Gasteiger partial charge in [0.1, 0.15) is 54.9 Å². The molecule has 0 aromatic carbocycles. The van der Waals surface area contributed by atoms with E-state index in [0.717, 1.165) is 0 Å². The number of rotatable bonds is 28. The van der Waals surface area contributed by atoms with Gasteiger partial charge < -0.3 is 69.3 Å². The molecule has 2 unspecified atom stereocenters. The summed E-state index contributed by atoms with van der Waals surface area (Å²) in [6.07, 6.45) is -64.8. The minimum absolute atomic E-state index is 2.06. The van der Waals surface area contributed by atoms with Gasteiger partial charge in [-0.2, -0.15) is 58.9 Å². The molecule has 0 saturated carbocycles. The first-order valence-corrected chi connectivity index (χ1v) is 28.2. The van der Waals surface area contributed by atoms with Crippen LogP contribution in [0.5, 0.6) is 0 Å².